The third-order valence-corrected chi connectivity index (χ3v) is 6.93. The van der Waals surface area contributed by atoms with Crippen molar-refractivity contribution in [2.45, 2.75) is 70.9 Å². The molecule has 0 saturated carbocycles. The average Bonchev–Trinajstić information content (AvgIpc) is 3.33. The Kier molecular flexibility index (Phi) is 9.62. The highest BCUT2D eigenvalue weighted by atomic mass is 35.5. The van der Waals surface area contributed by atoms with Gasteiger partial charge in [-0.05, 0) is 71.9 Å². The van der Waals surface area contributed by atoms with Crippen molar-refractivity contribution in [3.05, 3.63) is 52.8 Å². The molecule has 0 bridgehead atoms. The van der Waals surface area contributed by atoms with Crippen molar-refractivity contribution in [2.24, 2.45) is 0 Å². The Morgan fingerprint density at radius 2 is 1.70 bits per heavy atom. The molecule has 2 aliphatic heterocycles. The molecule has 2 saturated heterocycles. The fourth-order valence-corrected chi connectivity index (χ4v) is 4.99. The molecule has 0 N–H and O–H groups in total. The summed E-state index contributed by atoms with van der Waals surface area (Å²) in [5.74, 6) is 1.01. The van der Waals surface area contributed by atoms with E-state index in [0.717, 1.165) is 0 Å². The van der Waals surface area contributed by atoms with Crippen LogP contribution in [0.2, 0.25) is 5.02 Å². The van der Waals surface area contributed by atoms with Gasteiger partial charge in [-0.3, -0.25) is 9.78 Å². The van der Waals surface area contributed by atoms with Gasteiger partial charge in [0.2, 0.25) is 0 Å². The van der Waals surface area contributed by atoms with E-state index in [2.05, 4.69) is 4.98 Å². The number of piperidine rings is 1. The molecule has 2 atom stereocenters. The van der Waals surface area contributed by atoms with E-state index >= 15 is 0 Å². The smallest absolute Gasteiger partial charge is 0.254 e. The molecule has 0 radical (unpaired) electrons. The third kappa shape index (κ3) is 7.64. The number of carbonyl (C=O) groups excluding carboxylic acids is 1. The van der Waals surface area contributed by atoms with Crippen LogP contribution >= 0.6 is 11.6 Å². The van der Waals surface area contributed by atoms with Crippen molar-refractivity contribution >= 4 is 17.5 Å². The van der Waals surface area contributed by atoms with Crippen molar-refractivity contribution in [3.63, 3.8) is 0 Å². The number of likely N-dealkylation sites (tertiary alicyclic amines) is 1. The summed E-state index contributed by atoms with van der Waals surface area (Å²) >= 11 is 6.45. The number of hydrogen-bond donors (Lipinski definition) is 0. The lowest BCUT2D eigenvalue weighted by molar-refractivity contribution is -0.0502. The van der Waals surface area contributed by atoms with Gasteiger partial charge in [0, 0.05) is 24.7 Å². The topological polar surface area (TPSA) is 88.6 Å². The minimum atomic E-state index is -0.803. The first-order valence-corrected chi connectivity index (χ1v) is 14.1. The number of hydrogen-bond acceptors (Lipinski definition) is 8. The first-order valence-electron chi connectivity index (χ1n) is 13.7. The average molecular weight is 577 g/mol. The van der Waals surface area contributed by atoms with E-state index in [1.165, 1.54) is 0 Å². The first kappa shape index (κ1) is 30.5. The summed E-state index contributed by atoms with van der Waals surface area (Å²) < 4.78 is 35.5. The van der Waals surface area contributed by atoms with Crippen molar-refractivity contribution in [3.8, 4) is 11.5 Å². The molecule has 9 nitrogen and oxygen atoms in total. The number of fused-ring (bicyclic) bond motifs is 1. The lowest BCUT2D eigenvalue weighted by atomic mass is 9.84. The van der Waals surface area contributed by atoms with Crippen molar-refractivity contribution < 1.29 is 33.2 Å². The molecule has 4 rings (SSSR count). The van der Waals surface area contributed by atoms with Crippen molar-refractivity contribution in [2.75, 3.05) is 46.3 Å². The molecular weight excluding hydrogens is 536 g/mol. The van der Waals surface area contributed by atoms with Crippen LogP contribution in [0.4, 0.5) is 0 Å². The Morgan fingerprint density at radius 3 is 2.35 bits per heavy atom. The van der Waals surface area contributed by atoms with Gasteiger partial charge >= 0.3 is 0 Å². The molecule has 2 aromatic rings. The molecule has 3 heterocycles. The molecule has 1 aromatic heterocycles. The van der Waals surface area contributed by atoms with Crippen LogP contribution in [0, 0.1) is 0 Å². The number of pyridine rings is 1. The number of amides is 1. The maximum absolute atomic E-state index is 13.4. The predicted octanol–water partition coefficient (Wildman–Crippen LogP) is 5.24. The summed E-state index contributed by atoms with van der Waals surface area (Å²) in [6.45, 7) is 14.5. The Balaban J connectivity index is 1.40. The molecule has 1 aromatic carbocycles. The molecule has 1 amide bonds. The van der Waals surface area contributed by atoms with Crippen LogP contribution in [0.1, 0.15) is 64.0 Å². The zero-order valence-corrected chi connectivity index (χ0v) is 25.1. The molecule has 40 heavy (non-hydrogen) atoms. The lowest BCUT2D eigenvalue weighted by Gasteiger charge is -2.41. The second kappa shape index (κ2) is 12.6. The minimum absolute atomic E-state index is 0.118. The van der Waals surface area contributed by atoms with Gasteiger partial charge in [0.1, 0.15) is 48.9 Å². The second-order valence-electron chi connectivity index (χ2n) is 11.9. The minimum Gasteiger partial charge on any atom is -0.490 e. The number of halogens is 1. The van der Waals surface area contributed by atoms with Gasteiger partial charge in [0.25, 0.3) is 5.91 Å². The highest BCUT2D eigenvalue weighted by molar-refractivity contribution is 6.32. The zero-order chi connectivity index (χ0) is 29.0. The largest absolute Gasteiger partial charge is 0.490 e. The van der Waals surface area contributed by atoms with Crippen LogP contribution < -0.4 is 9.47 Å². The van der Waals surface area contributed by atoms with Crippen molar-refractivity contribution in [1.82, 2.24) is 9.88 Å². The molecule has 0 spiro atoms. The molecule has 2 aliphatic rings. The summed E-state index contributed by atoms with van der Waals surface area (Å²) in [5, 5.41) is 0.374. The fourth-order valence-electron chi connectivity index (χ4n) is 4.76. The van der Waals surface area contributed by atoms with E-state index in [1.807, 2.05) is 53.7 Å². The Bertz CT molecular complexity index is 1160. The monoisotopic (exact) mass is 576 g/mol. The molecular formula is C30H41ClN2O7. The summed E-state index contributed by atoms with van der Waals surface area (Å²) in [6, 6.07) is 8.80. The Hall–Kier alpha value is -2.43. The van der Waals surface area contributed by atoms with Gasteiger partial charge in [-0.1, -0.05) is 11.6 Å². The molecule has 1 unspecified atom stereocenters. The first-order chi connectivity index (χ1) is 18.9. The maximum Gasteiger partial charge on any atom is 0.254 e. The summed E-state index contributed by atoms with van der Waals surface area (Å²) in [4.78, 5) is 19.8. The van der Waals surface area contributed by atoms with Gasteiger partial charge in [0.15, 0.2) is 0 Å². The van der Waals surface area contributed by atoms with E-state index in [4.69, 9.17) is 40.0 Å². The quantitative estimate of drug-likeness (QED) is 0.355. The van der Waals surface area contributed by atoms with Gasteiger partial charge < -0.3 is 33.3 Å². The van der Waals surface area contributed by atoms with Crippen molar-refractivity contribution in [1.29, 1.82) is 0 Å². The van der Waals surface area contributed by atoms with E-state index in [0.29, 0.717) is 73.7 Å². The number of nitrogens with zero attached hydrogens (tertiary/aromatic N) is 2. The number of ether oxygens (including phenoxy) is 6. The van der Waals surface area contributed by atoms with Crippen LogP contribution in [0.25, 0.3) is 0 Å². The van der Waals surface area contributed by atoms with Gasteiger partial charge in [-0.2, -0.15) is 0 Å². The number of carbonyl (C=O) groups is 1. The van der Waals surface area contributed by atoms with Gasteiger partial charge in [-0.25, -0.2) is 0 Å². The fraction of sp³-hybridized carbons (Fsp3) is 0.600. The molecule has 2 fully saturated rings. The lowest BCUT2D eigenvalue weighted by Crippen LogP contribution is -2.54. The summed E-state index contributed by atoms with van der Waals surface area (Å²) in [5.41, 5.74) is -0.125. The third-order valence-electron chi connectivity index (χ3n) is 6.63. The van der Waals surface area contributed by atoms with Gasteiger partial charge in [-0.15, -0.1) is 0 Å². The molecule has 10 heteroatoms. The standard InChI is InChI=1S/C30H41ClN2O7/c1-28(2,3)38-16-14-35-23-10-9-21(18-22(23)31)27(34)33-13-11-30(25(19-33)37-20-40-30)26-24(8-7-12-32-26)36-15-17-39-29(4,5)6/h7-10,12,18,25H,11,13-17,19-20H2,1-6H3/t25?,30-/m0/s1. The number of aromatic nitrogens is 1. The molecule has 220 valence electrons. The van der Waals surface area contributed by atoms with E-state index in [9.17, 15) is 4.79 Å². The highest BCUT2D eigenvalue weighted by Crippen LogP contribution is 2.45. The van der Waals surface area contributed by atoms with Crippen LogP contribution in [-0.2, 0) is 24.5 Å². The SMILES string of the molecule is CC(C)(C)OCCOc1ccc(C(=O)N2CC[C@]3(c4ncccc4OCCOC(C)(C)C)OCOC3C2)cc1Cl. The van der Waals surface area contributed by atoms with Crippen LogP contribution in [0.15, 0.2) is 36.5 Å². The summed E-state index contributed by atoms with van der Waals surface area (Å²) in [6.07, 6.45) is 1.84. The van der Waals surface area contributed by atoms with Crippen LogP contribution in [0.3, 0.4) is 0 Å². The molecule has 0 aliphatic carbocycles. The predicted molar refractivity (Wildman–Crippen MR) is 151 cm³/mol. The van der Waals surface area contributed by atoms with Gasteiger partial charge in [0.05, 0.1) is 36.0 Å². The Labute approximate surface area is 242 Å². The van der Waals surface area contributed by atoms with E-state index < -0.39 is 11.7 Å². The highest BCUT2D eigenvalue weighted by Gasteiger charge is 2.53. The number of benzene rings is 1. The summed E-state index contributed by atoms with van der Waals surface area (Å²) in [7, 11) is 0. The van der Waals surface area contributed by atoms with E-state index in [-0.39, 0.29) is 23.9 Å². The normalized spacial score (nSPS) is 21.3. The second-order valence-corrected chi connectivity index (χ2v) is 12.3. The van der Waals surface area contributed by atoms with Crippen LogP contribution in [-0.4, -0.2) is 79.4 Å². The maximum atomic E-state index is 13.4. The Morgan fingerprint density at radius 1 is 1.02 bits per heavy atom. The van der Waals surface area contributed by atoms with E-state index in [1.54, 1.807) is 29.3 Å². The zero-order valence-electron chi connectivity index (χ0n) is 24.3. The number of rotatable bonds is 10. The van der Waals surface area contributed by atoms with Crippen LogP contribution in [0.5, 0.6) is 11.5 Å².